The fourth-order valence-electron chi connectivity index (χ4n) is 7.36. The Morgan fingerprint density at radius 2 is 1.57 bits per heavy atom. The molecule has 0 atom stereocenters. The van der Waals surface area contributed by atoms with Gasteiger partial charge in [0.15, 0.2) is 0 Å². The standard InChI is InChI=1S/C40H35N2O.C13H12N.Ir/c1-25-21-29(27-17-19-40(3,4)20-18-27)13-15-31(25)35-22-36(42-24-26(35)2)34-12-8-11-32-33-16-14-30(23-41)37(39(33)43-38(32)34)28-9-6-5-7-10-28;1-10-3-6-12(7-4-10)13-8-5-11(2)9-14-13;/h5-11,13-16,21-22,24,27H,17-20H2,1-4H3;3-6,8-9H,1-2H3;/q2*-1;/i1D3,2D3,15D,27D;1D3,2D3;. The summed E-state index contributed by atoms with van der Waals surface area (Å²) in [6, 6.07) is 36.9. The van der Waals surface area contributed by atoms with Crippen molar-refractivity contribution in [2.24, 2.45) is 5.41 Å². The van der Waals surface area contributed by atoms with Crippen LogP contribution in [0.2, 0.25) is 0 Å². The topological polar surface area (TPSA) is 62.7 Å². The molecule has 1 radical (unpaired) electrons. The molecule has 5 heteroatoms. The van der Waals surface area contributed by atoms with Gasteiger partial charge < -0.3 is 14.4 Å². The minimum Gasteiger partial charge on any atom is -0.500 e. The molecule has 0 spiro atoms. The Kier molecular flexibility index (Phi) is 7.75. The number of rotatable bonds is 5. The number of hydrogen-bond acceptors (Lipinski definition) is 4. The van der Waals surface area contributed by atoms with Crippen LogP contribution in [-0.2, 0) is 20.1 Å². The van der Waals surface area contributed by atoms with Crippen LogP contribution in [0.1, 0.15) is 98.0 Å². The largest absolute Gasteiger partial charge is 0.500 e. The van der Waals surface area contributed by atoms with Gasteiger partial charge in [-0.05, 0) is 114 Å². The fourth-order valence-corrected chi connectivity index (χ4v) is 7.36. The van der Waals surface area contributed by atoms with E-state index in [9.17, 15) is 8.00 Å². The predicted molar refractivity (Wildman–Crippen MR) is 234 cm³/mol. The Morgan fingerprint density at radius 1 is 0.793 bits per heavy atom. The maximum absolute atomic E-state index is 9.99. The number of pyridine rings is 2. The van der Waals surface area contributed by atoms with E-state index >= 15 is 0 Å². The minimum atomic E-state index is -2.71. The maximum atomic E-state index is 9.99. The van der Waals surface area contributed by atoms with E-state index in [-0.39, 0.29) is 70.6 Å². The summed E-state index contributed by atoms with van der Waals surface area (Å²) in [5.41, 5.74) is 5.20. The molecule has 3 aromatic heterocycles. The average Bonchev–Trinajstić information content (AvgIpc) is 3.70. The average molecular weight is 948 g/mol. The number of aryl methyl sites for hydroxylation is 4. The molecule has 3 heterocycles. The van der Waals surface area contributed by atoms with Crippen LogP contribution in [0.5, 0.6) is 0 Å². The van der Waals surface area contributed by atoms with Crippen LogP contribution >= 0.6 is 0 Å². The molecule has 9 rings (SSSR count). The van der Waals surface area contributed by atoms with E-state index in [1.807, 2.05) is 42.5 Å². The third-order valence-electron chi connectivity index (χ3n) is 10.6. The van der Waals surface area contributed by atoms with E-state index in [2.05, 4.69) is 42.0 Å². The third-order valence-corrected chi connectivity index (χ3v) is 10.6. The molecule has 0 unspecified atom stereocenters. The van der Waals surface area contributed by atoms with E-state index < -0.39 is 33.3 Å². The van der Waals surface area contributed by atoms with Gasteiger partial charge in [-0.15, -0.1) is 53.6 Å². The van der Waals surface area contributed by atoms with Crippen molar-refractivity contribution < 1.29 is 43.7 Å². The van der Waals surface area contributed by atoms with Crippen molar-refractivity contribution in [1.29, 1.82) is 5.26 Å². The van der Waals surface area contributed by atoms with Gasteiger partial charge in [0.25, 0.3) is 0 Å². The smallest absolute Gasteiger partial charge is 0.130 e. The number of benzene rings is 5. The molecule has 1 aliphatic rings. The molecular weight excluding hydrogens is 887 g/mol. The Balaban J connectivity index is 0.000000304. The normalized spacial score (nSPS) is 18.6. The van der Waals surface area contributed by atoms with Crippen LogP contribution < -0.4 is 0 Å². The van der Waals surface area contributed by atoms with Crippen molar-refractivity contribution in [3.63, 3.8) is 0 Å². The molecule has 0 amide bonds. The van der Waals surface area contributed by atoms with E-state index in [4.69, 9.17) is 20.9 Å². The van der Waals surface area contributed by atoms with Crippen LogP contribution in [0.15, 0.2) is 126 Å². The van der Waals surface area contributed by atoms with Crippen molar-refractivity contribution in [2.45, 2.75) is 72.8 Å². The number of nitrogens with zero attached hydrogens (tertiary/aromatic N) is 3. The SMILES string of the molecule is [2H]C([2H])([2H])c1c[c-]c(-c2ccc(C([2H])([2H])[2H])cn2)cc1.[2H]c1cc(C2([2H])CCC(C)(C)CC2)cc(C([2H])([2H])[2H])c1-c1cc(-c2[c-]ccc3c2oc2c(-c4ccccc4)c(C#N)ccc23)ncc1C([2H])([2H])[2H].[Ir]. The van der Waals surface area contributed by atoms with Crippen LogP contribution in [0.25, 0.3) is 66.7 Å². The second-order valence-corrected chi connectivity index (χ2v) is 15.0. The summed E-state index contributed by atoms with van der Waals surface area (Å²) >= 11 is 0. The van der Waals surface area contributed by atoms with Gasteiger partial charge in [0, 0.05) is 61.3 Å². The van der Waals surface area contributed by atoms with Gasteiger partial charge in [-0.25, -0.2) is 0 Å². The third kappa shape index (κ3) is 8.32. The summed E-state index contributed by atoms with van der Waals surface area (Å²) in [4.78, 5) is 8.61. The summed E-state index contributed by atoms with van der Waals surface area (Å²) in [5.74, 6) is -1.06. The molecule has 0 bridgehead atoms. The zero-order chi connectivity index (χ0) is 51.5. The first-order valence-electron chi connectivity index (χ1n) is 25.7. The van der Waals surface area contributed by atoms with Gasteiger partial charge in [-0.3, -0.25) is 0 Å². The van der Waals surface area contributed by atoms with Crippen LogP contribution in [-0.4, -0.2) is 9.97 Å². The first-order chi connectivity index (χ1) is 33.2. The maximum Gasteiger partial charge on any atom is 0.130 e. The Hall–Kier alpha value is -5.66. The summed E-state index contributed by atoms with van der Waals surface area (Å²) in [7, 11) is 0. The molecule has 5 aromatic carbocycles. The van der Waals surface area contributed by atoms with Gasteiger partial charge in [0.05, 0.1) is 18.6 Å². The molecule has 8 aromatic rings. The number of furan rings is 1. The number of hydrogen-bond donors (Lipinski definition) is 0. The Labute approximate surface area is 376 Å². The second-order valence-electron chi connectivity index (χ2n) is 15.0. The minimum absolute atomic E-state index is 0. The number of fused-ring (bicyclic) bond motifs is 3. The zero-order valence-corrected chi connectivity index (χ0v) is 34.3. The van der Waals surface area contributed by atoms with Gasteiger partial charge in [-0.2, -0.15) is 5.26 Å². The quantitative estimate of drug-likeness (QED) is 0.161. The second kappa shape index (κ2) is 17.1. The Bertz CT molecular complexity index is 3250. The zero-order valence-electron chi connectivity index (χ0n) is 45.9. The van der Waals surface area contributed by atoms with Crippen molar-refractivity contribution in [3.8, 4) is 50.8 Å². The molecule has 0 aliphatic heterocycles. The van der Waals surface area contributed by atoms with E-state index in [1.165, 1.54) is 48.8 Å². The first-order valence-corrected chi connectivity index (χ1v) is 18.7. The number of aromatic nitrogens is 2. The molecule has 0 N–H and O–H groups in total. The summed E-state index contributed by atoms with van der Waals surface area (Å²) in [6.45, 7) is -5.42. The summed E-state index contributed by atoms with van der Waals surface area (Å²) < 4.78 is 119. The van der Waals surface area contributed by atoms with Crippen LogP contribution in [0, 0.1) is 56.3 Å². The molecule has 58 heavy (non-hydrogen) atoms. The summed E-state index contributed by atoms with van der Waals surface area (Å²) in [6.07, 6.45) is 5.15. The van der Waals surface area contributed by atoms with Gasteiger partial charge in [-0.1, -0.05) is 104 Å². The van der Waals surface area contributed by atoms with Crippen molar-refractivity contribution in [1.82, 2.24) is 9.97 Å². The number of nitriles is 1. The van der Waals surface area contributed by atoms with Crippen LogP contribution in [0.4, 0.5) is 0 Å². The van der Waals surface area contributed by atoms with E-state index in [1.54, 1.807) is 24.3 Å². The first kappa shape index (κ1) is 26.4. The van der Waals surface area contributed by atoms with E-state index in [0.717, 1.165) is 29.2 Å². The molecule has 1 saturated carbocycles. The van der Waals surface area contributed by atoms with Gasteiger partial charge in [0.2, 0.25) is 0 Å². The molecule has 1 aliphatic carbocycles. The van der Waals surface area contributed by atoms with Gasteiger partial charge in [0.1, 0.15) is 5.58 Å². The fraction of sp³-hybridized carbons (Fsp3) is 0.226. The van der Waals surface area contributed by atoms with Crippen LogP contribution in [0.3, 0.4) is 0 Å². The van der Waals surface area contributed by atoms with E-state index in [0.29, 0.717) is 57.5 Å². The van der Waals surface area contributed by atoms with Crippen molar-refractivity contribution in [2.75, 3.05) is 0 Å². The molecule has 4 nitrogen and oxygen atoms in total. The van der Waals surface area contributed by atoms with Crippen molar-refractivity contribution >= 4 is 21.9 Å². The molecule has 1 fully saturated rings. The monoisotopic (exact) mass is 948 g/mol. The predicted octanol–water partition coefficient (Wildman–Crippen LogP) is 14.1. The Morgan fingerprint density at radius 3 is 2.28 bits per heavy atom. The molecule has 0 saturated heterocycles. The van der Waals surface area contributed by atoms with Gasteiger partial charge >= 0.3 is 0 Å². The molecular formula is C53H47IrN3O-2. The van der Waals surface area contributed by atoms with Crippen molar-refractivity contribution in [3.05, 3.63) is 167 Å². The summed E-state index contributed by atoms with van der Waals surface area (Å²) in [5, 5.41) is 11.5. The molecule has 291 valence electrons.